The summed E-state index contributed by atoms with van der Waals surface area (Å²) in [6, 6.07) is 15.0. The quantitative estimate of drug-likeness (QED) is 0.553. The van der Waals surface area contributed by atoms with Crippen molar-refractivity contribution in [3.63, 3.8) is 0 Å². The maximum absolute atomic E-state index is 5.63. The van der Waals surface area contributed by atoms with Crippen LogP contribution >= 0.6 is 0 Å². The number of methoxy groups -OCH3 is 1. The molecule has 0 aliphatic carbocycles. The maximum atomic E-state index is 5.63. The van der Waals surface area contributed by atoms with E-state index in [0.717, 1.165) is 88.1 Å². The average molecular weight is 517 g/mol. The van der Waals surface area contributed by atoms with Gasteiger partial charge in [-0.3, -0.25) is 9.80 Å². The van der Waals surface area contributed by atoms with E-state index < -0.39 is 0 Å². The van der Waals surface area contributed by atoms with Crippen molar-refractivity contribution >= 4 is 17.5 Å². The van der Waals surface area contributed by atoms with Crippen LogP contribution in [0, 0.1) is 0 Å². The molecule has 5 aliphatic heterocycles. The van der Waals surface area contributed by atoms with E-state index in [0.29, 0.717) is 12.0 Å². The molecule has 0 saturated carbocycles. The number of pyridine rings is 1. The monoisotopic (exact) mass is 516 g/mol. The number of rotatable bonds is 2. The Bertz CT molecular complexity index is 1170. The molecule has 38 heavy (non-hydrogen) atoms. The third kappa shape index (κ3) is 6.85. The number of nitrogens with zero attached hydrogens (tertiary/aromatic N) is 7. The second-order valence-corrected chi connectivity index (χ2v) is 10.5. The maximum Gasteiger partial charge on any atom is 0.227 e. The van der Waals surface area contributed by atoms with Crippen molar-refractivity contribution in [2.75, 3.05) is 83.8 Å². The minimum atomic E-state index is 0.378. The van der Waals surface area contributed by atoms with E-state index in [1.165, 1.54) is 5.56 Å². The van der Waals surface area contributed by atoms with E-state index >= 15 is 0 Å². The zero-order chi connectivity index (χ0) is 26.3. The molecule has 7 heterocycles. The number of aromatic nitrogens is 3. The molecule has 3 atom stereocenters. The van der Waals surface area contributed by atoms with Crippen LogP contribution in [0.15, 0.2) is 54.9 Å². The van der Waals surface area contributed by atoms with E-state index in [9.17, 15) is 0 Å². The first-order valence-electron chi connectivity index (χ1n) is 13.6. The molecule has 9 nitrogen and oxygen atoms in total. The Balaban J connectivity index is 1.39. The van der Waals surface area contributed by atoms with Gasteiger partial charge in [-0.15, -0.1) is 0 Å². The third-order valence-corrected chi connectivity index (χ3v) is 7.54. The number of hydrogen-bond acceptors (Lipinski definition) is 9. The van der Waals surface area contributed by atoms with Crippen molar-refractivity contribution in [3.05, 3.63) is 60.4 Å². The molecular formula is C29H40N8O. The summed E-state index contributed by atoms with van der Waals surface area (Å²) in [5, 5.41) is 3.40. The van der Waals surface area contributed by atoms with Gasteiger partial charge in [-0.2, -0.15) is 0 Å². The van der Waals surface area contributed by atoms with Crippen LogP contribution in [0.3, 0.4) is 0 Å². The SMILES string of the molecule is COCC1CN2CCN(C)CCCN(C)c3ccc(cn3)-c3ccnc(n3)Nc3cccc(c3)CN1CC2. The van der Waals surface area contributed by atoms with Crippen LogP contribution in [0.4, 0.5) is 17.5 Å². The summed E-state index contributed by atoms with van der Waals surface area (Å²) in [5.41, 5.74) is 4.07. The van der Waals surface area contributed by atoms with E-state index in [1.54, 1.807) is 13.3 Å². The average Bonchev–Trinajstić information content (AvgIpc) is 2.93. The molecular weight excluding hydrogens is 476 g/mol. The fourth-order valence-electron chi connectivity index (χ4n) is 5.29. The van der Waals surface area contributed by atoms with Crippen molar-refractivity contribution in [2.45, 2.75) is 19.0 Å². The van der Waals surface area contributed by atoms with Gasteiger partial charge in [0, 0.05) is 89.7 Å². The summed E-state index contributed by atoms with van der Waals surface area (Å²) in [4.78, 5) is 23.8. The molecule has 1 fully saturated rings. The minimum absolute atomic E-state index is 0.378. The van der Waals surface area contributed by atoms with Gasteiger partial charge in [0.15, 0.2) is 0 Å². The first kappa shape index (κ1) is 26.5. The molecule has 2 aromatic heterocycles. The normalized spacial score (nSPS) is 23.2. The number of benzene rings is 1. The van der Waals surface area contributed by atoms with E-state index in [-0.39, 0.29) is 0 Å². The lowest BCUT2D eigenvalue weighted by Crippen LogP contribution is -2.55. The molecule has 9 heteroatoms. The summed E-state index contributed by atoms with van der Waals surface area (Å²) >= 11 is 0. The van der Waals surface area contributed by atoms with E-state index in [4.69, 9.17) is 14.7 Å². The molecule has 3 aromatic rings. The lowest BCUT2D eigenvalue weighted by Gasteiger charge is -2.41. The number of ether oxygens (including phenoxy) is 1. The second kappa shape index (κ2) is 12.6. The minimum Gasteiger partial charge on any atom is -0.383 e. The predicted molar refractivity (Wildman–Crippen MR) is 153 cm³/mol. The van der Waals surface area contributed by atoms with Crippen molar-refractivity contribution < 1.29 is 4.74 Å². The first-order valence-corrected chi connectivity index (χ1v) is 13.6. The number of anilines is 3. The lowest BCUT2D eigenvalue weighted by molar-refractivity contribution is 0.0183. The first-order chi connectivity index (χ1) is 18.6. The van der Waals surface area contributed by atoms with Crippen molar-refractivity contribution in [1.82, 2.24) is 29.7 Å². The Morgan fingerprint density at radius 1 is 0.974 bits per heavy atom. The van der Waals surface area contributed by atoms with Crippen LogP contribution in [0.1, 0.15) is 12.0 Å². The molecule has 1 aromatic carbocycles. The topological polar surface area (TPSA) is 72.9 Å². The Morgan fingerprint density at radius 2 is 1.87 bits per heavy atom. The Labute approximate surface area is 226 Å². The molecule has 5 aliphatic rings. The van der Waals surface area contributed by atoms with Crippen LogP contribution in [-0.4, -0.2) is 109 Å². The standard InChI is InChI=1S/C29H40N8O/c1-34-12-5-13-35(2)28-9-8-24(19-31-28)27-10-11-30-29(33-27)32-25-7-4-6-23(18-25)20-37-17-16-36(15-14-34)21-26(37)22-38-3/h4,6-11,18-19,26H,5,12-17,20-22H2,1-3H3,(H,30,32,33). The van der Waals surface area contributed by atoms with Gasteiger partial charge in [0.05, 0.1) is 12.3 Å². The van der Waals surface area contributed by atoms with Gasteiger partial charge in [0.1, 0.15) is 5.82 Å². The molecule has 202 valence electrons. The second-order valence-electron chi connectivity index (χ2n) is 10.5. The van der Waals surface area contributed by atoms with Gasteiger partial charge in [-0.05, 0) is 55.9 Å². The molecule has 1 saturated heterocycles. The largest absolute Gasteiger partial charge is 0.383 e. The molecule has 0 amide bonds. The van der Waals surface area contributed by atoms with Crippen molar-refractivity contribution in [1.29, 1.82) is 0 Å². The highest BCUT2D eigenvalue weighted by Gasteiger charge is 2.27. The molecule has 0 radical (unpaired) electrons. The smallest absolute Gasteiger partial charge is 0.227 e. The summed E-state index contributed by atoms with van der Waals surface area (Å²) in [5.74, 6) is 1.55. The van der Waals surface area contributed by atoms with Gasteiger partial charge < -0.3 is 19.9 Å². The zero-order valence-electron chi connectivity index (χ0n) is 22.9. The van der Waals surface area contributed by atoms with Crippen LogP contribution in [-0.2, 0) is 11.3 Å². The molecule has 0 spiro atoms. The predicted octanol–water partition coefficient (Wildman–Crippen LogP) is 3.19. The molecule has 1 N–H and O–H groups in total. The lowest BCUT2D eigenvalue weighted by atomic mass is 10.1. The summed E-state index contributed by atoms with van der Waals surface area (Å²) < 4.78 is 5.63. The van der Waals surface area contributed by atoms with Crippen LogP contribution < -0.4 is 10.2 Å². The molecule has 3 unspecified atom stereocenters. The number of nitrogens with one attached hydrogen (secondary N) is 1. The Morgan fingerprint density at radius 3 is 2.71 bits per heavy atom. The van der Waals surface area contributed by atoms with E-state index in [2.05, 4.69) is 80.4 Å². The third-order valence-electron chi connectivity index (χ3n) is 7.54. The van der Waals surface area contributed by atoms with Gasteiger partial charge in [0.2, 0.25) is 5.95 Å². The summed E-state index contributed by atoms with van der Waals surface area (Å²) in [6.45, 7) is 8.97. The highest BCUT2D eigenvalue weighted by atomic mass is 16.5. The fourth-order valence-corrected chi connectivity index (χ4v) is 5.29. The number of piperazine rings is 1. The Kier molecular flexibility index (Phi) is 8.80. The van der Waals surface area contributed by atoms with E-state index in [1.807, 2.05) is 12.3 Å². The zero-order valence-corrected chi connectivity index (χ0v) is 22.9. The molecule has 8 rings (SSSR count). The van der Waals surface area contributed by atoms with Gasteiger partial charge in [0.25, 0.3) is 0 Å². The van der Waals surface area contributed by atoms with Crippen LogP contribution in [0.5, 0.6) is 0 Å². The number of hydrogen-bond donors (Lipinski definition) is 1. The van der Waals surface area contributed by atoms with Crippen molar-refractivity contribution in [3.8, 4) is 11.3 Å². The molecule has 8 bridgehead atoms. The number of likely N-dealkylation sites (N-methyl/N-ethyl adjacent to an activating group) is 1. The van der Waals surface area contributed by atoms with Crippen LogP contribution in [0.25, 0.3) is 11.3 Å². The van der Waals surface area contributed by atoms with Gasteiger partial charge >= 0.3 is 0 Å². The van der Waals surface area contributed by atoms with Crippen LogP contribution in [0.2, 0.25) is 0 Å². The highest BCUT2D eigenvalue weighted by molar-refractivity contribution is 5.62. The highest BCUT2D eigenvalue weighted by Crippen LogP contribution is 2.23. The fraction of sp³-hybridized carbons (Fsp3) is 0.483. The van der Waals surface area contributed by atoms with Gasteiger partial charge in [-0.1, -0.05) is 12.1 Å². The summed E-state index contributed by atoms with van der Waals surface area (Å²) in [7, 11) is 6.15. The summed E-state index contributed by atoms with van der Waals surface area (Å²) in [6.07, 6.45) is 4.78. The Hall–Kier alpha value is -3.11. The van der Waals surface area contributed by atoms with Crippen molar-refractivity contribution in [2.24, 2.45) is 0 Å². The van der Waals surface area contributed by atoms with Gasteiger partial charge in [-0.25, -0.2) is 15.0 Å².